The first-order valence-corrected chi connectivity index (χ1v) is 12.0. The van der Waals surface area contributed by atoms with Crippen molar-refractivity contribution >= 4 is 31.4 Å². The van der Waals surface area contributed by atoms with Gasteiger partial charge in [0.1, 0.15) is 0 Å². The largest absolute Gasteiger partial charge is 0.289 e. The number of hydrogen-bond acceptors (Lipinski definition) is 6. The molecule has 29 heavy (non-hydrogen) atoms. The SMILES string of the molecule is O=[N+]([O-])c1ccccc1S(=O)(=O)Nc1ccc(S(=O)(=O)N2CCCCCC2)cc1. The second-order valence-electron chi connectivity index (χ2n) is 6.67. The molecular weight excluding hydrogens is 418 g/mol. The molecule has 3 rings (SSSR count). The van der Waals surface area contributed by atoms with Gasteiger partial charge in [0, 0.05) is 24.8 Å². The van der Waals surface area contributed by atoms with E-state index in [4.69, 9.17) is 0 Å². The number of nitrogens with one attached hydrogen (secondary N) is 1. The summed E-state index contributed by atoms with van der Waals surface area (Å²) in [6.45, 7) is 0.933. The lowest BCUT2D eigenvalue weighted by Gasteiger charge is -2.20. The van der Waals surface area contributed by atoms with Gasteiger partial charge < -0.3 is 0 Å². The van der Waals surface area contributed by atoms with Gasteiger partial charge >= 0.3 is 0 Å². The van der Waals surface area contributed by atoms with Crippen molar-refractivity contribution in [3.8, 4) is 0 Å². The Morgan fingerprint density at radius 1 is 0.862 bits per heavy atom. The molecule has 0 atom stereocenters. The van der Waals surface area contributed by atoms with Crippen molar-refractivity contribution in [1.82, 2.24) is 4.31 Å². The number of nitrogens with zero attached hydrogens (tertiary/aromatic N) is 2. The number of nitro benzene ring substituents is 1. The molecule has 0 radical (unpaired) electrons. The summed E-state index contributed by atoms with van der Waals surface area (Å²) in [6.07, 6.45) is 3.62. The highest BCUT2D eigenvalue weighted by Crippen LogP contribution is 2.26. The van der Waals surface area contributed by atoms with Gasteiger partial charge in [0.25, 0.3) is 15.7 Å². The van der Waals surface area contributed by atoms with Crippen LogP contribution in [-0.4, -0.2) is 39.2 Å². The predicted molar refractivity (Wildman–Crippen MR) is 108 cm³/mol. The zero-order valence-electron chi connectivity index (χ0n) is 15.5. The van der Waals surface area contributed by atoms with Crippen LogP contribution in [0.4, 0.5) is 11.4 Å². The number of sulfonamides is 2. The maximum Gasteiger partial charge on any atom is 0.289 e. The van der Waals surface area contributed by atoms with Crippen molar-refractivity contribution in [2.75, 3.05) is 17.8 Å². The Hall–Kier alpha value is -2.50. The molecular formula is C18H21N3O6S2. The molecule has 1 aliphatic rings. The first-order valence-electron chi connectivity index (χ1n) is 9.08. The van der Waals surface area contributed by atoms with Gasteiger partial charge in [-0.15, -0.1) is 0 Å². The van der Waals surface area contributed by atoms with Crippen molar-refractivity contribution in [3.63, 3.8) is 0 Å². The van der Waals surface area contributed by atoms with E-state index >= 15 is 0 Å². The van der Waals surface area contributed by atoms with Crippen molar-refractivity contribution in [3.05, 3.63) is 58.6 Å². The quantitative estimate of drug-likeness (QED) is 0.545. The molecule has 9 nitrogen and oxygen atoms in total. The van der Waals surface area contributed by atoms with Crippen LogP contribution in [0.2, 0.25) is 0 Å². The lowest BCUT2D eigenvalue weighted by Crippen LogP contribution is -2.31. The second-order valence-corrected chi connectivity index (χ2v) is 10.3. The van der Waals surface area contributed by atoms with Crippen LogP contribution in [0.3, 0.4) is 0 Å². The summed E-state index contributed by atoms with van der Waals surface area (Å²) in [4.78, 5) is 9.93. The van der Waals surface area contributed by atoms with Crippen LogP contribution in [0.1, 0.15) is 25.7 Å². The van der Waals surface area contributed by atoms with Crippen molar-refractivity contribution in [2.45, 2.75) is 35.5 Å². The van der Waals surface area contributed by atoms with E-state index in [-0.39, 0.29) is 10.6 Å². The van der Waals surface area contributed by atoms with Gasteiger partial charge in [-0.3, -0.25) is 14.8 Å². The van der Waals surface area contributed by atoms with Gasteiger partial charge in [0.15, 0.2) is 4.90 Å². The standard InChI is InChI=1S/C18H21N3O6S2/c22-21(23)17-7-3-4-8-18(17)28(24,25)19-15-9-11-16(12-10-15)29(26,27)20-13-5-1-2-6-14-20/h3-4,7-12,19H,1-2,5-6,13-14H2. The first-order chi connectivity index (χ1) is 13.7. The van der Waals surface area contributed by atoms with Crippen LogP contribution in [0, 0.1) is 10.1 Å². The zero-order chi connectivity index (χ0) is 21.1. The van der Waals surface area contributed by atoms with Crippen LogP contribution < -0.4 is 4.72 Å². The molecule has 0 unspecified atom stereocenters. The molecule has 0 bridgehead atoms. The molecule has 1 fully saturated rings. The van der Waals surface area contributed by atoms with E-state index in [1.807, 2.05) is 0 Å². The van der Waals surface area contributed by atoms with E-state index < -0.39 is 35.6 Å². The van der Waals surface area contributed by atoms with Gasteiger partial charge in [0.2, 0.25) is 10.0 Å². The second kappa shape index (κ2) is 8.47. The third-order valence-electron chi connectivity index (χ3n) is 4.66. The van der Waals surface area contributed by atoms with Gasteiger partial charge in [-0.25, -0.2) is 16.8 Å². The molecule has 2 aromatic rings. The highest BCUT2D eigenvalue weighted by Gasteiger charge is 2.27. The van der Waals surface area contributed by atoms with E-state index in [0.29, 0.717) is 13.1 Å². The predicted octanol–water partition coefficient (Wildman–Crippen LogP) is 2.96. The maximum atomic E-state index is 12.8. The normalized spacial score (nSPS) is 16.1. The topological polar surface area (TPSA) is 127 Å². The minimum atomic E-state index is -4.21. The van der Waals surface area contributed by atoms with Crippen LogP contribution in [0.25, 0.3) is 0 Å². The van der Waals surface area contributed by atoms with Crippen LogP contribution >= 0.6 is 0 Å². The van der Waals surface area contributed by atoms with Gasteiger partial charge in [-0.05, 0) is 43.2 Å². The molecule has 0 amide bonds. The highest BCUT2D eigenvalue weighted by molar-refractivity contribution is 7.93. The van der Waals surface area contributed by atoms with Crippen LogP contribution in [-0.2, 0) is 20.0 Å². The fraction of sp³-hybridized carbons (Fsp3) is 0.333. The fourth-order valence-electron chi connectivity index (χ4n) is 3.17. The Kier molecular flexibility index (Phi) is 6.20. The molecule has 0 aromatic heterocycles. The minimum Gasteiger partial charge on any atom is -0.279 e. The molecule has 1 heterocycles. The summed E-state index contributed by atoms with van der Waals surface area (Å²) in [7, 11) is -7.86. The zero-order valence-corrected chi connectivity index (χ0v) is 17.2. The molecule has 11 heteroatoms. The monoisotopic (exact) mass is 439 g/mol. The summed E-state index contributed by atoms with van der Waals surface area (Å²) in [5, 5.41) is 11.1. The molecule has 0 saturated carbocycles. The van der Waals surface area contributed by atoms with E-state index in [0.717, 1.165) is 37.8 Å². The number of rotatable bonds is 6. The van der Waals surface area contributed by atoms with Gasteiger partial charge in [0.05, 0.1) is 9.82 Å². The summed E-state index contributed by atoms with van der Waals surface area (Å²) in [6, 6.07) is 10.3. The lowest BCUT2D eigenvalue weighted by atomic mass is 10.2. The average Bonchev–Trinajstić information content (AvgIpc) is 2.98. The summed E-state index contributed by atoms with van der Waals surface area (Å²) in [5.41, 5.74) is -0.432. The van der Waals surface area contributed by atoms with Gasteiger partial charge in [-0.2, -0.15) is 4.31 Å². The lowest BCUT2D eigenvalue weighted by molar-refractivity contribution is -0.387. The Morgan fingerprint density at radius 3 is 2.03 bits per heavy atom. The first kappa shape index (κ1) is 21.2. The highest BCUT2D eigenvalue weighted by atomic mass is 32.2. The smallest absolute Gasteiger partial charge is 0.279 e. The summed E-state index contributed by atoms with van der Waals surface area (Å²) >= 11 is 0. The van der Waals surface area contributed by atoms with E-state index in [9.17, 15) is 26.9 Å². The van der Waals surface area contributed by atoms with Gasteiger partial charge in [-0.1, -0.05) is 25.0 Å². The number of hydrogen-bond donors (Lipinski definition) is 1. The Morgan fingerprint density at radius 2 is 1.45 bits per heavy atom. The third kappa shape index (κ3) is 4.74. The molecule has 0 spiro atoms. The van der Waals surface area contributed by atoms with Crippen molar-refractivity contribution in [1.29, 1.82) is 0 Å². The number of benzene rings is 2. The third-order valence-corrected chi connectivity index (χ3v) is 8.00. The summed E-state index contributed by atoms with van der Waals surface area (Å²) in [5.74, 6) is 0. The number of para-hydroxylation sites is 1. The Bertz CT molecular complexity index is 1090. The van der Waals surface area contributed by atoms with Crippen molar-refractivity contribution < 1.29 is 21.8 Å². The van der Waals surface area contributed by atoms with E-state index in [1.54, 1.807) is 0 Å². The molecule has 2 aromatic carbocycles. The van der Waals surface area contributed by atoms with E-state index in [1.165, 1.54) is 40.7 Å². The van der Waals surface area contributed by atoms with E-state index in [2.05, 4.69) is 4.72 Å². The summed E-state index contributed by atoms with van der Waals surface area (Å²) < 4.78 is 54.4. The molecule has 1 saturated heterocycles. The Labute approximate surface area is 169 Å². The van der Waals surface area contributed by atoms with Crippen LogP contribution in [0.5, 0.6) is 0 Å². The molecule has 1 aliphatic heterocycles. The molecule has 1 N–H and O–H groups in total. The minimum absolute atomic E-state index is 0.0769. The molecule has 156 valence electrons. The molecule has 0 aliphatic carbocycles. The van der Waals surface area contributed by atoms with Crippen LogP contribution in [0.15, 0.2) is 58.3 Å². The van der Waals surface area contributed by atoms with Crippen molar-refractivity contribution in [2.24, 2.45) is 0 Å². The fourth-order valence-corrected chi connectivity index (χ4v) is 5.92. The number of nitro groups is 1. The average molecular weight is 440 g/mol. The number of anilines is 1. The maximum absolute atomic E-state index is 12.8. The Balaban J connectivity index is 1.83.